The molecule has 1 saturated heterocycles. The number of fused-ring (bicyclic) bond motifs is 1. The highest BCUT2D eigenvalue weighted by atomic mass is 16.2. The zero-order valence-electron chi connectivity index (χ0n) is 17.8. The van der Waals surface area contributed by atoms with Gasteiger partial charge in [0.05, 0.1) is 12.2 Å². The molecule has 1 fully saturated rings. The Hall–Kier alpha value is -4.28. The van der Waals surface area contributed by atoms with E-state index in [0.717, 1.165) is 11.5 Å². The summed E-state index contributed by atoms with van der Waals surface area (Å²) < 4.78 is 3.37. The van der Waals surface area contributed by atoms with E-state index < -0.39 is 0 Å². The Morgan fingerprint density at radius 2 is 1.88 bits per heavy atom. The molecular weight excluding hydrogens is 422 g/mol. The molecule has 1 aromatic carbocycles. The van der Waals surface area contributed by atoms with Crippen molar-refractivity contribution in [3.05, 3.63) is 61.2 Å². The number of piperidine rings is 1. The Balaban J connectivity index is 1.08. The molecule has 2 amide bonds. The van der Waals surface area contributed by atoms with Crippen LogP contribution in [0.15, 0.2) is 61.2 Å². The largest absolute Gasteiger partial charge is 0.355 e. The molecule has 4 aromatic rings. The Labute approximate surface area is 189 Å². The van der Waals surface area contributed by atoms with Crippen molar-refractivity contribution in [2.24, 2.45) is 5.92 Å². The fourth-order valence-electron chi connectivity index (χ4n) is 3.89. The SMILES string of the molecule is O=C(CNC(=O)C1CCN(c2ccc3nncn3n2)CC1)Nc1ccc(-n2cccn2)cc1. The summed E-state index contributed by atoms with van der Waals surface area (Å²) in [5.41, 5.74) is 2.26. The van der Waals surface area contributed by atoms with E-state index in [9.17, 15) is 9.59 Å². The summed E-state index contributed by atoms with van der Waals surface area (Å²) in [6.45, 7) is 1.37. The number of carbonyl (C=O) groups excluding carboxylic acids is 2. The zero-order valence-corrected chi connectivity index (χ0v) is 17.8. The van der Waals surface area contributed by atoms with Gasteiger partial charge in [0.2, 0.25) is 11.8 Å². The molecule has 2 N–H and O–H groups in total. The first-order chi connectivity index (χ1) is 16.2. The average Bonchev–Trinajstić information content (AvgIpc) is 3.55. The Bertz CT molecular complexity index is 1240. The highest BCUT2D eigenvalue weighted by Gasteiger charge is 2.26. The minimum Gasteiger partial charge on any atom is -0.355 e. The number of nitrogens with one attached hydrogen (secondary N) is 2. The zero-order chi connectivity index (χ0) is 22.6. The Morgan fingerprint density at radius 1 is 1.06 bits per heavy atom. The number of rotatable bonds is 6. The maximum absolute atomic E-state index is 12.6. The van der Waals surface area contributed by atoms with E-state index in [4.69, 9.17) is 0 Å². The lowest BCUT2D eigenvalue weighted by molar-refractivity contribution is -0.127. The van der Waals surface area contributed by atoms with E-state index in [1.807, 2.05) is 36.5 Å². The quantitative estimate of drug-likeness (QED) is 0.458. The number of hydrogen-bond acceptors (Lipinski definition) is 7. The summed E-state index contributed by atoms with van der Waals surface area (Å²) in [4.78, 5) is 27.0. The number of aromatic nitrogens is 6. The van der Waals surface area contributed by atoms with E-state index >= 15 is 0 Å². The molecule has 168 valence electrons. The van der Waals surface area contributed by atoms with Crippen LogP contribution in [0.4, 0.5) is 11.5 Å². The Kier molecular flexibility index (Phi) is 5.66. The fraction of sp³-hybridized carbons (Fsp3) is 0.273. The summed E-state index contributed by atoms with van der Waals surface area (Å²) in [5.74, 6) is 0.347. The molecule has 3 aromatic heterocycles. The van der Waals surface area contributed by atoms with Gasteiger partial charge in [-0.2, -0.15) is 9.61 Å². The van der Waals surface area contributed by atoms with E-state index in [1.165, 1.54) is 0 Å². The van der Waals surface area contributed by atoms with Gasteiger partial charge < -0.3 is 15.5 Å². The molecule has 0 unspecified atom stereocenters. The van der Waals surface area contributed by atoms with Gasteiger partial charge in [0.1, 0.15) is 12.1 Å². The molecule has 11 nitrogen and oxygen atoms in total. The smallest absolute Gasteiger partial charge is 0.243 e. The van der Waals surface area contributed by atoms with Crippen LogP contribution >= 0.6 is 0 Å². The molecule has 0 saturated carbocycles. The second kappa shape index (κ2) is 9.07. The van der Waals surface area contributed by atoms with E-state index in [1.54, 1.807) is 33.9 Å². The minimum atomic E-state index is -0.265. The number of benzene rings is 1. The van der Waals surface area contributed by atoms with Crippen LogP contribution in [0.1, 0.15) is 12.8 Å². The summed E-state index contributed by atoms with van der Waals surface area (Å²) in [6, 6.07) is 13.0. The van der Waals surface area contributed by atoms with E-state index in [0.29, 0.717) is 37.3 Å². The molecule has 0 spiro atoms. The van der Waals surface area contributed by atoms with Gasteiger partial charge in [-0.05, 0) is 55.3 Å². The third-order valence-corrected chi connectivity index (χ3v) is 5.68. The summed E-state index contributed by atoms with van der Waals surface area (Å²) in [5, 5.41) is 22.0. The van der Waals surface area contributed by atoms with Crippen LogP contribution < -0.4 is 15.5 Å². The van der Waals surface area contributed by atoms with Crippen molar-refractivity contribution < 1.29 is 9.59 Å². The van der Waals surface area contributed by atoms with Crippen molar-refractivity contribution in [1.82, 2.24) is 34.9 Å². The minimum absolute atomic E-state index is 0.0637. The first-order valence-corrected chi connectivity index (χ1v) is 10.8. The van der Waals surface area contributed by atoms with Crippen LogP contribution in [-0.2, 0) is 9.59 Å². The predicted molar refractivity (Wildman–Crippen MR) is 121 cm³/mol. The summed E-state index contributed by atoms with van der Waals surface area (Å²) in [7, 11) is 0. The molecular formula is C22H23N9O2. The third-order valence-electron chi connectivity index (χ3n) is 5.68. The number of amides is 2. The van der Waals surface area contributed by atoms with Gasteiger partial charge in [-0.1, -0.05) is 0 Å². The standard InChI is InChI=1S/C22H23N9O2/c32-21(26-17-2-4-18(5-3-17)30-11-1-10-25-30)14-23-22(33)16-8-12-29(13-9-16)20-7-6-19-27-24-15-31(19)28-20/h1-7,10-11,15-16H,8-9,12-14H2,(H,23,33)(H,26,32). The van der Waals surface area contributed by atoms with E-state index in [2.05, 4.69) is 35.9 Å². The molecule has 4 heterocycles. The third kappa shape index (κ3) is 4.66. The van der Waals surface area contributed by atoms with Gasteiger partial charge in [0, 0.05) is 37.1 Å². The fourth-order valence-corrected chi connectivity index (χ4v) is 3.89. The number of carbonyl (C=O) groups is 2. The monoisotopic (exact) mass is 445 g/mol. The van der Waals surface area contributed by atoms with Gasteiger partial charge in [0.25, 0.3) is 0 Å². The molecule has 0 bridgehead atoms. The molecule has 1 aliphatic rings. The first-order valence-electron chi connectivity index (χ1n) is 10.8. The predicted octanol–water partition coefficient (Wildman–Crippen LogP) is 1.28. The molecule has 0 radical (unpaired) electrons. The molecule has 11 heteroatoms. The van der Waals surface area contributed by atoms with Crippen molar-refractivity contribution in [3.63, 3.8) is 0 Å². The van der Waals surface area contributed by atoms with E-state index in [-0.39, 0.29) is 24.3 Å². The van der Waals surface area contributed by atoms with Crippen molar-refractivity contribution in [3.8, 4) is 5.69 Å². The normalized spacial score (nSPS) is 14.4. The lowest BCUT2D eigenvalue weighted by Crippen LogP contribution is -2.42. The number of hydrogen-bond donors (Lipinski definition) is 2. The molecule has 5 rings (SSSR count). The van der Waals surface area contributed by atoms with Crippen LogP contribution in [-0.4, -0.2) is 61.0 Å². The van der Waals surface area contributed by atoms with Crippen LogP contribution in [0, 0.1) is 5.92 Å². The van der Waals surface area contributed by atoms with Gasteiger partial charge in [-0.3, -0.25) is 9.59 Å². The van der Waals surface area contributed by atoms with Crippen LogP contribution in [0.3, 0.4) is 0 Å². The van der Waals surface area contributed by atoms with Crippen LogP contribution in [0.2, 0.25) is 0 Å². The average molecular weight is 445 g/mol. The van der Waals surface area contributed by atoms with Crippen molar-refractivity contribution >= 4 is 29.0 Å². The maximum Gasteiger partial charge on any atom is 0.243 e. The lowest BCUT2D eigenvalue weighted by Gasteiger charge is -2.31. The number of anilines is 2. The molecule has 0 aliphatic carbocycles. The summed E-state index contributed by atoms with van der Waals surface area (Å²) in [6.07, 6.45) is 6.52. The molecule has 33 heavy (non-hydrogen) atoms. The van der Waals surface area contributed by atoms with Crippen molar-refractivity contribution in [2.75, 3.05) is 29.9 Å². The Morgan fingerprint density at radius 3 is 2.64 bits per heavy atom. The summed E-state index contributed by atoms with van der Waals surface area (Å²) >= 11 is 0. The van der Waals surface area contributed by atoms with Crippen molar-refractivity contribution in [1.29, 1.82) is 0 Å². The second-order valence-corrected chi connectivity index (χ2v) is 7.85. The molecule has 0 atom stereocenters. The van der Waals surface area contributed by atoms with Gasteiger partial charge in [0.15, 0.2) is 5.65 Å². The van der Waals surface area contributed by atoms with Gasteiger partial charge in [-0.25, -0.2) is 4.68 Å². The highest BCUT2D eigenvalue weighted by Crippen LogP contribution is 2.22. The van der Waals surface area contributed by atoms with Crippen molar-refractivity contribution in [2.45, 2.75) is 12.8 Å². The lowest BCUT2D eigenvalue weighted by atomic mass is 9.96. The number of nitrogens with zero attached hydrogens (tertiary/aromatic N) is 7. The second-order valence-electron chi connectivity index (χ2n) is 7.85. The highest BCUT2D eigenvalue weighted by molar-refractivity contribution is 5.94. The van der Waals surface area contributed by atoms with Crippen LogP contribution in [0.25, 0.3) is 11.3 Å². The van der Waals surface area contributed by atoms with Crippen LogP contribution in [0.5, 0.6) is 0 Å². The maximum atomic E-state index is 12.6. The molecule has 1 aliphatic heterocycles. The first kappa shape index (κ1) is 20.6. The topological polar surface area (TPSA) is 122 Å². The van der Waals surface area contributed by atoms with Gasteiger partial charge in [-0.15, -0.1) is 15.3 Å². The van der Waals surface area contributed by atoms with Gasteiger partial charge >= 0.3 is 0 Å².